The van der Waals surface area contributed by atoms with Crippen LogP contribution in [0, 0.1) is 10.1 Å². The minimum Gasteiger partial charge on any atom is -0.393 e. The van der Waals surface area contributed by atoms with Crippen LogP contribution in [0.3, 0.4) is 0 Å². The molecule has 0 fully saturated rings. The normalized spacial score (nSPS) is 10.2. The molecule has 8 heteroatoms. The van der Waals surface area contributed by atoms with E-state index in [2.05, 4.69) is 5.32 Å². The monoisotopic (exact) mass is 356 g/mol. The van der Waals surface area contributed by atoms with E-state index in [0.29, 0.717) is 24.3 Å². The van der Waals surface area contributed by atoms with Gasteiger partial charge in [-0.25, -0.2) is 0 Å². The van der Waals surface area contributed by atoms with Gasteiger partial charge < -0.3 is 16.0 Å². The average Bonchev–Trinajstić information content (AvgIpc) is 2.63. The zero-order chi connectivity index (χ0) is 19.3. The van der Waals surface area contributed by atoms with Crippen molar-refractivity contribution in [2.75, 3.05) is 24.1 Å². The Balaban J connectivity index is 2.14. The molecule has 0 saturated heterocycles. The molecule has 2 amide bonds. The zero-order valence-corrected chi connectivity index (χ0v) is 14.6. The lowest BCUT2D eigenvalue weighted by atomic mass is 10.1. The van der Waals surface area contributed by atoms with Gasteiger partial charge in [-0.1, -0.05) is 0 Å². The molecule has 0 unspecified atom stereocenters. The molecule has 0 atom stereocenters. The smallest absolute Gasteiger partial charge is 0.292 e. The molecule has 0 aliphatic rings. The number of nitrogens with two attached hydrogens (primary N) is 1. The fraction of sp³-hybridized carbons (Fsp3) is 0.222. The fourth-order valence-corrected chi connectivity index (χ4v) is 2.44. The summed E-state index contributed by atoms with van der Waals surface area (Å²) in [6, 6.07) is 10.3. The molecule has 0 saturated carbocycles. The molecule has 0 aliphatic carbocycles. The summed E-state index contributed by atoms with van der Waals surface area (Å²) in [4.78, 5) is 36.5. The maximum absolute atomic E-state index is 12.3. The Bertz CT molecular complexity index is 830. The second-order valence-corrected chi connectivity index (χ2v) is 5.54. The van der Waals surface area contributed by atoms with Gasteiger partial charge >= 0.3 is 0 Å². The molecule has 0 heterocycles. The third-order valence-electron chi connectivity index (χ3n) is 3.93. The van der Waals surface area contributed by atoms with Crippen LogP contribution >= 0.6 is 0 Å². The lowest BCUT2D eigenvalue weighted by Crippen LogP contribution is -2.30. The van der Waals surface area contributed by atoms with E-state index in [-0.39, 0.29) is 22.8 Å². The Hall–Kier alpha value is -3.42. The topological polar surface area (TPSA) is 119 Å². The second-order valence-electron chi connectivity index (χ2n) is 5.54. The van der Waals surface area contributed by atoms with Crippen molar-refractivity contribution in [3.05, 3.63) is 63.7 Å². The Morgan fingerprint density at radius 1 is 1.08 bits per heavy atom. The number of benzene rings is 2. The van der Waals surface area contributed by atoms with Crippen molar-refractivity contribution >= 4 is 28.9 Å². The molecule has 0 bridgehead atoms. The van der Waals surface area contributed by atoms with E-state index in [9.17, 15) is 19.7 Å². The van der Waals surface area contributed by atoms with Gasteiger partial charge in [-0.15, -0.1) is 0 Å². The molecule has 2 aromatic carbocycles. The Morgan fingerprint density at radius 2 is 1.65 bits per heavy atom. The molecule has 26 heavy (non-hydrogen) atoms. The van der Waals surface area contributed by atoms with Gasteiger partial charge in [-0.05, 0) is 50.2 Å². The molecule has 0 radical (unpaired) electrons. The average molecular weight is 356 g/mol. The molecular weight excluding hydrogens is 336 g/mol. The predicted molar refractivity (Wildman–Crippen MR) is 99.2 cm³/mol. The first kappa shape index (κ1) is 18.9. The number of anilines is 2. The number of nitrogens with one attached hydrogen (secondary N) is 1. The van der Waals surface area contributed by atoms with Crippen molar-refractivity contribution in [3.63, 3.8) is 0 Å². The number of nitro benzene ring substituents is 1. The fourth-order valence-electron chi connectivity index (χ4n) is 2.44. The molecule has 8 nitrogen and oxygen atoms in total. The molecule has 0 aromatic heterocycles. The van der Waals surface area contributed by atoms with Crippen LogP contribution < -0.4 is 11.1 Å². The third kappa shape index (κ3) is 4.15. The summed E-state index contributed by atoms with van der Waals surface area (Å²) in [5, 5.41) is 13.6. The van der Waals surface area contributed by atoms with Crippen LogP contribution in [0.15, 0.2) is 42.5 Å². The Kier molecular flexibility index (Phi) is 5.90. The SMILES string of the molecule is CCN(CC)C(=O)c1ccc(NC(=O)c2ccc(N)c([N+](=O)[O-])c2)cc1. The number of rotatable bonds is 6. The number of nitrogen functional groups attached to an aromatic ring is 1. The first-order valence-electron chi connectivity index (χ1n) is 8.12. The Morgan fingerprint density at radius 3 is 2.19 bits per heavy atom. The maximum Gasteiger partial charge on any atom is 0.292 e. The van der Waals surface area contributed by atoms with E-state index in [0.717, 1.165) is 6.07 Å². The molecular formula is C18H20N4O4. The summed E-state index contributed by atoms with van der Waals surface area (Å²) in [5.74, 6) is -0.585. The first-order valence-corrected chi connectivity index (χ1v) is 8.12. The number of hydrogen-bond acceptors (Lipinski definition) is 5. The van der Waals surface area contributed by atoms with Gasteiger partial charge in [0.25, 0.3) is 17.5 Å². The van der Waals surface area contributed by atoms with Crippen molar-refractivity contribution in [3.8, 4) is 0 Å². The van der Waals surface area contributed by atoms with Crippen molar-refractivity contribution in [1.82, 2.24) is 4.90 Å². The molecule has 136 valence electrons. The van der Waals surface area contributed by atoms with E-state index in [1.165, 1.54) is 12.1 Å². The summed E-state index contributed by atoms with van der Waals surface area (Å²) in [6.45, 7) is 5.04. The van der Waals surface area contributed by atoms with Gasteiger partial charge in [-0.3, -0.25) is 19.7 Å². The van der Waals surface area contributed by atoms with E-state index < -0.39 is 10.8 Å². The van der Waals surface area contributed by atoms with Crippen molar-refractivity contribution in [2.45, 2.75) is 13.8 Å². The van der Waals surface area contributed by atoms with Gasteiger partial charge in [0.1, 0.15) is 5.69 Å². The second kappa shape index (κ2) is 8.11. The van der Waals surface area contributed by atoms with Gasteiger partial charge in [0.05, 0.1) is 4.92 Å². The highest BCUT2D eigenvalue weighted by Crippen LogP contribution is 2.23. The van der Waals surface area contributed by atoms with Crippen LogP contribution in [0.4, 0.5) is 17.1 Å². The summed E-state index contributed by atoms with van der Waals surface area (Å²) in [7, 11) is 0. The number of nitro groups is 1. The highest BCUT2D eigenvalue weighted by Gasteiger charge is 2.16. The summed E-state index contributed by atoms with van der Waals surface area (Å²) in [5.41, 5.74) is 6.32. The number of carbonyl (C=O) groups excluding carboxylic acids is 2. The minimum atomic E-state index is -0.639. The predicted octanol–water partition coefficient (Wildman–Crippen LogP) is 2.91. The maximum atomic E-state index is 12.3. The van der Waals surface area contributed by atoms with Crippen LogP contribution in [0.5, 0.6) is 0 Å². The van der Waals surface area contributed by atoms with E-state index >= 15 is 0 Å². The summed E-state index contributed by atoms with van der Waals surface area (Å²) < 4.78 is 0. The number of nitrogens with zero attached hydrogens (tertiary/aromatic N) is 2. The van der Waals surface area contributed by atoms with Crippen molar-refractivity contribution in [1.29, 1.82) is 0 Å². The standard InChI is InChI=1S/C18H20N4O4/c1-3-21(4-2)18(24)12-5-8-14(9-6-12)20-17(23)13-7-10-15(19)16(11-13)22(25)26/h5-11H,3-4,19H2,1-2H3,(H,20,23). The number of hydrogen-bond donors (Lipinski definition) is 2. The molecule has 0 aliphatic heterocycles. The highest BCUT2D eigenvalue weighted by atomic mass is 16.6. The van der Waals surface area contributed by atoms with E-state index in [4.69, 9.17) is 5.73 Å². The third-order valence-corrected chi connectivity index (χ3v) is 3.93. The van der Waals surface area contributed by atoms with Gasteiger partial charge in [0.15, 0.2) is 0 Å². The summed E-state index contributed by atoms with van der Waals surface area (Å²) >= 11 is 0. The molecule has 3 N–H and O–H groups in total. The lowest BCUT2D eigenvalue weighted by molar-refractivity contribution is -0.383. The van der Waals surface area contributed by atoms with Crippen LogP contribution in [0.1, 0.15) is 34.6 Å². The van der Waals surface area contributed by atoms with Crippen LogP contribution in [0.25, 0.3) is 0 Å². The Labute approximate surface area is 150 Å². The van der Waals surface area contributed by atoms with E-state index in [1.54, 1.807) is 29.2 Å². The number of amides is 2. The van der Waals surface area contributed by atoms with Crippen LogP contribution in [-0.4, -0.2) is 34.7 Å². The largest absolute Gasteiger partial charge is 0.393 e. The van der Waals surface area contributed by atoms with E-state index in [1.807, 2.05) is 13.8 Å². The van der Waals surface area contributed by atoms with Gasteiger partial charge in [0.2, 0.25) is 0 Å². The lowest BCUT2D eigenvalue weighted by Gasteiger charge is -2.18. The molecule has 2 aromatic rings. The van der Waals surface area contributed by atoms with Crippen molar-refractivity contribution in [2.24, 2.45) is 0 Å². The molecule has 0 spiro atoms. The van der Waals surface area contributed by atoms with Gasteiger partial charge in [-0.2, -0.15) is 0 Å². The van der Waals surface area contributed by atoms with Crippen LogP contribution in [0.2, 0.25) is 0 Å². The summed E-state index contributed by atoms with van der Waals surface area (Å²) in [6.07, 6.45) is 0. The van der Waals surface area contributed by atoms with Gasteiger partial charge in [0, 0.05) is 36.0 Å². The molecule has 2 rings (SSSR count). The highest BCUT2D eigenvalue weighted by molar-refractivity contribution is 6.05. The minimum absolute atomic E-state index is 0.00850. The number of carbonyl (C=O) groups is 2. The quantitative estimate of drug-likeness (QED) is 0.468. The zero-order valence-electron chi connectivity index (χ0n) is 14.6. The van der Waals surface area contributed by atoms with Crippen molar-refractivity contribution < 1.29 is 14.5 Å². The van der Waals surface area contributed by atoms with Crippen LogP contribution in [-0.2, 0) is 0 Å². The first-order chi connectivity index (χ1) is 12.4.